The second-order valence-corrected chi connectivity index (χ2v) is 9.34. The Bertz CT molecular complexity index is 1100. The van der Waals surface area contributed by atoms with Crippen molar-refractivity contribution in [1.82, 2.24) is 14.9 Å². The van der Waals surface area contributed by atoms with E-state index in [1.807, 2.05) is 26.0 Å². The molecule has 2 heterocycles. The molecule has 1 aliphatic heterocycles. The Morgan fingerprint density at radius 3 is 2.38 bits per heavy atom. The van der Waals surface area contributed by atoms with Gasteiger partial charge in [0.25, 0.3) is 5.56 Å². The zero-order chi connectivity index (χ0) is 22.3. The lowest BCUT2D eigenvalue weighted by Gasteiger charge is -2.27. The van der Waals surface area contributed by atoms with Crippen molar-refractivity contribution in [3.63, 3.8) is 0 Å². The third-order valence-corrected chi connectivity index (χ3v) is 6.47. The number of rotatable bonds is 6. The fraction of sp³-hybridized carbons (Fsp3) is 0.455. The van der Waals surface area contributed by atoms with Crippen LogP contribution in [0.25, 0.3) is 0 Å². The molecule has 1 aromatic heterocycles. The Hall–Kier alpha value is -2.00. The minimum atomic E-state index is -0.656. The number of fused-ring (bicyclic) bond motifs is 1. The molecular weight excluding hydrogens is 522 g/mol. The molecule has 1 atom stereocenters. The van der Waals surface area contributed by atoms with Gasteiger partial charge in [-0.05, 0) is 31.2 Å². The molecule has 0 radical (unpaired) electrons. The van der Waals surface area contributed by atoms with Crippen LogP contribution in [0.3, 0.4) is 0 Å². The molecule has 1 amide bonds. The zero-order valence-electron chi connectivity index (χ0n) is 18.9. The molecule has 1 aliphatic carbocycles. The quantitative estimate of drug-likeness (QED) is 0.319. The van der Waals surface area contributed by atoms with Crippen molar-refractivity contribution in [3.8, 4) is 0 Å². The molecule has 1 fully saturated rings. The molecule has 34 heavy (non-hydrogen) atoms. The molecule has 1 saturated carbocycles. The summed E-state index contributed by atoms with van der Waals surface area (Å²) in [6.07, 6.45) is 3.59. The minimum absolute atomic E-state index is 0. The number of benzene rings is 1. The topological polar surface area (TPSA) is 126 Å². The number of nitrogens with one attached hydrogen (secondary N) is 3. The molecule has 2 aromatic rings. The molecule has 188 valence electrons. The highest BCUT2D eigenvalue weighted by atomic mass is 35.5. The molecule has 1 aromatic carbocycles. The van der Waals surface area contributed by atoms with Crippen LogP contribution in [-0.2, 0) is 16.8 Å². The summed E-state index contributed by atoms with van der Waals surface area (Å²) < 4.78 is 1.52. The lowest BCUT2D eigenvalue weighted by atomic mass is 9.87. The van der Waals surface area contributed by atoms with Crippen LogP contribution in [0.4, 0.5) is 5.82 Å². The van der Waals surface area contributed by atoms with Crippen LogP contribution in [0.5, 0.6) is 0 Å². The summed E-state index contributed by atoms with van der Waals surface area (Å²) in [6, 6.07) is 6.69. The van der Waals surface area contributed by atoms with Crippen molar-refractivity contribution < 1.29 is 4.79 Å². The molecule has 0 saturated heterocycles. The van der Waals surface area contributed by atoms with E-state index in [2.05, 4.69) is 15.6 Å². The Kier molecular flexibility index (Phi) is 10.3. The van der Waals surface area contributed by atoms with Gasteiger partial charge in [-0.1, -0.05) is 49.7 Å². The van der Waals surface area contributed by atoms with Gasteiger partial charge in [-0.2, -0.15) is 0 Å². The first-order valence-electron chi connectivity index (χ1n) is 10.5. The lowest BCUT2D eigenvalue weighted by Crippen LogP contribution is -2.38. The highest BCUT2D eigenvalue weighted by Crippen LogP contribution is 2.43. The first-order valence-corrected chi connectivity index (χ1v) is 10.9. The largest absolute Gasteiger partial charge is 0.384 e. The van der Waals surface area contributed by atoms with Gasteiger partial charge in [0.15, 0.2) is 11.0 Å². The van der Waals surface area contributed by atoms with E-state index in [0.717, 1.165) is 24.8 Å². The van der Waals surface area contributed by atoms with Gasteiger partial charge >= 0.3 is 0 Å². The Labute approximate surface area is 222 Å². The van der Waals surface area contributed by atoms with E-state index in [0.29, 0.717) is 24.2 Å². The number of aromatic nitrogens is 2. The van der Waals surface area contributed by atoms with Gasteiger partial charge < -0.3 is 16.4 Å². The number of halogens is 4. The third kappa shape index (κ3) is 5.79. The highest BCUT2D eigenvalue weighted by molar-refractivity contribution is 6.30. The molecule has 2 aliphatic rings. The number of hydrogen-bond acceptors (Lipinski definition) is 5. The van der Waals surface area contributed by atoms with E-state index in [9.17, 15) is 9.59 Å². The molecular formula is C22H30Cl4N6O2. The van der Waals surface area contributed by atoms with Crippen LogP contribution in [0.2, 0.25) is 5.15 Å². The molecule has 1 unspecified atom stereocenters. The average Bonchev–Trinajstić information content (AvgIpc) is 2.98. The smallest absolute Gasteiger partial charge is 0.294 e. The number of nitrogens with zero attached hydrogens (tertiary/aromatic N) is 2. The Balaban J connectivity index is 0.00000193. The van der Waals surface area contributed by atoms with E-state index in [1.165, 1.54) is 4.57 Å². The van der Waals surface area contributed by atoms with Gasteiger partial charge in [-0.25, -0.2) is 4.98 Å². The summed E-state index contributed by atoms with van der Waals surface area (Å²) in [5.41, 5.74) is 6.83. The van der Waals surface area contributed by atoms with Gasteiger partial charge in [-0.15, -0.1) is 37.2 Å². The van der Waals surface area contributed by atoms with Crippen molar-refractivity contribution in [1.29, 1.82) is 5.41 Å². The number of amides is 1. The number of hydrogen-bond donors (Lipinski definition) is 4. The monoisotopic (exact) mass is 550 g/mol. The van der Waals surface area contributed by atoms with Crippen molar-refractivity contribution >= 4 is 66.4 Å². The van der Waals surface area contributed by atoms with Crippen molar-refractivity contribution in [2.24, 2.45) is 5.73 Å². The van der Waals surface area contributed by atoms with E-state index >= 15 is 0 Å². The van der Waals surface area contributed by atoms with Gasteiger partial charge in [-0.3, -0.25) is 19.6 Å². The standard InChI is InChI=1S/C22H27ClN6O2.3ClH/c1-22(2)10-15(20(30)26-11-12-6-8-13(9-7-12)18(24)25)29-16(22)17(23)28-19(21(29)31)27-14-4-3-5-14;;;/h6-9,14-15H,3-5,10-11H2,1-2H3,(H3,24,25)(H,26,30)(H,27,28);3*1H. The van der Waals surface area contributed by atoms with Gasteiger partial charge in [0, 0.05) is 23.6 Å². The number of nitrogens with two attached hydrogens (primary N) is 1. The first-order chi connectivity index (χ1) is 14.7. The molecule has 0 bridgehead atoms. The SMILES string of the molecule is CC1(C)CC(C(=O)NCc2ccc(C(=N)N)cc2)n2c1c(Cl)nc(NC1CCC1)c2=O.Cl.Cl.Cl. The summed E-state index contributed by atoms with van der Waals surface area (Å²) in [7, 11) is 0. The Morgan fingerprint density at radius 2 is 1.85 bits per heavy atom. The number of anilines is 1. The first kappa shape index (κ1) is 30.0. The Morgan fingerprint density at radius 1 is 1.24 bits per heavy atom. The zero-order valence-corrected chi connectivity index (χ0v) is 22.1. The van der Waals surface area contributed by atoms with Crippen molar-refractivity contribution in [3.05, 3.63) is 56.6 Å². The number of nitrogen functional groups attached to an aromatic ring is 1. The van der Waals surface area contributed by atoms with Crippen LogP contribution >= 0.6 is 48.8 Å². The van der Waals surface area contributed by atoms with Crippen molar-refractivity contribution in [2.75, 3.05) is 5.32 Å². The van der Waals surface area contributed by atoms with Crippen LogP contribution in [0, 0.1) is 5.41 Å². The predicted octanol–water partition coefficient (Wildman–Crippen LogP) is 3.95. The maximum absolute atomic E-state index is 13.2. The van der Waals surface area contributed by atoms with Gasteiger partial charge in [0.05, 0.1) is 5.69 Å². The summed E-state index contributed by atoms with van der Waals surface area (Å²) in [5, 5.41) is 13.8. The van der Waals surface area contributed by atoms with Gasteiger partial charge in [0.1, 0.15) is 11.9 Å². The lowest BCUT2D eigenvalue weighted by molar-refractivity contribution is -0.124. The van der Waals surface area contributed by atoms with Crippen LogP contribution < -0.4 is 21.9 Å². The molecule has 0 spiro atoms. The number of carbonyl (C=O) groups is 1. The predicted molar refractivity (Wildman–Crippen MR) is 142 cm³/mol. The fourth-order valence-electron chi connectivity index (χ4n) is 4.25. The second kappa shape index (κ2) is 11.6. The van der Waals surface area contributed by atoms with Crippen LogP contribution in [0.1, 0.15) is 62.4 Å². The van der Waals surface area contributed by atoms with E-state index in [-0.39, 0.29) is 71.5 Å². The fourth-order valence-corrected chi connectivity index (χ4v) is 4.68. The van der Waals surface area contributed by atoms with Crippen molar-refractivity contribution in [2.45, 2.75) is 63.6 Å². The highest BCUT2D eigenvalue weighted by Gasteiger charge is 2.44. The van der Waals surface area contributed by atoms with Crippen LogP contribution in [-0.4, -0.2) is 27.3 Å². The second-order valence-electron chi connectivity index (χ2n) is 8.98. The molecule has 8 nitrogen and oxygen atoms in total. The molecule has 4 rings (SSSR count). The summed E-state index contributed by atoms with van der Waals surface area (Å²) >= 11 is 6.49. The molecule has 5 N–H and O–H groups in total. The summed E-state index contributed by atoms with van der Waals surface area (Å²) in [6.45, 7) is 4.25. The average molecular weight is 552 g/mol. The normalized spacial score (nSPS) is 17.7. The van der Waals surface area contributed by atoms with Crippen LogP contribution in [0.15, 0.2) is 29.1 Å². The van der Waals surface area contributed by atoms with E-state index in [4.69, 9.17) is 22.7 Å². The van der Waals surface area contributed by atoms with Gasteiger partial charge in [0.2, 0.25) is 5.91 Å². The van der Waals surface area contributed by atoms with E-state index in [1.54, 1.807) is 12.1 Å². The number of amidine groups is 1. The molecule has 12 heteroatoms. The summed E-state index contributed by atoms with van der Waals surface area (Å²) in [4.78, 5) is 30.7. The van der Waals surface area contributed by atoms with E-state index < -0.39 is 11.5 Å². The number of carbonyl (C=O) groups excluding carboxylic acids is 1. The minimum Gasteiger partial charge on any atom is -0.384 e. The third-order valence-electron chi connectivity index (χ3n) is 6.20. The maximum Gasteiger partial charge on any atom is 0.294 e. The summed E-state index contributed by atoms with van der Waals surface area (Å²) in [5.74, 6) is -0.0215. The maximum atomic E-state index is 13.2.